The lowest BCUT2D eigenvalue weighted by Crippen LogP contribution is -2.27. The minimum absolute atomic E-state index is 0.00442. The van der Waals surface area contributed by atoms with Gasteiger partial charge in [-0.3, -0.25) is 0 Å². The summed E-state index contributed by atoms with van der Waals surface area (Å²) in [5.41, 5.74) is -3.39. The Morgan fingerprint density at radius 1 is 1.22 bits per heavy atom. The normalized spacial score (nSPS) is 21.1. The zero-order valence-electron chi connectivity index (χ0n) is 21.4. The van der Waals surface area contributed by atoms with Crippen LogP contribution < -0.4 is 9.47 Å². The van der Waals surface area contributed by atoms with E-state index >= 15 is 0 Å². The van der Waals surface area contributed by atoms with Crippen molar-refractivity contribution in [2.75, 3.05) is 14.2 Å². The van der Waals surface area contributed by atoms with Gasteiger partial charge in [-0.15, -0.1) is 0 Å². The molecular weight excluding hydrogens is 445 g/mol. The van der Waals surface area contributed by atoms with Gasteiger partial charge in [0.2, 0.25) is 0 Å². The first-order chi connectivity index (χ1) is 16.1. The molecule has 0 unspecified atom stereocenters. The standard InChI is InChI=1S/C23H31F3O5S/c1-6-7-8-9-16-12-20(29-4)22(21(13-16)30-5)19-14-17(10-11-18(19)15(2)3)31-32(27,28)23(24,25)26/h12-14,18-19H,2,6-11H2,1,3-5H3/t18-,19+/m0/s1/i1D3. The Kier molecular flexibility index (Phi) is 7.20. The number of alkyl halides is 3. The van der Waals surface area contributed by atoms with Gasteiger partial charge in [-0.1, -0.05) is 31.8 Å². The van der Waals surface area contributed by atoms with Crippen molar-refractivity contribution in [3.8, 4) is 11.5 Å². The summed E-state index contributed by atoms with van der Waals surface area (Å²) < 4.78 is 99.3. The highest BCUT2D eigenvalue weighted by Gasteiger charge is 2.49. The molecule has 0 saturated carbocycles. The second-order valence-corrected chi connectivity index (χ2v) is 9.29. The number of methoxy groups -OCH3 is 2. The van der Waals surface area contributed by atoms with E-state index in [0.717, 1.165) is 11.1 Å². The summed E-state index contributed by atoms with van der Waals surface area (Å²) >= 11 is 0. The number of ether oxygens (including phenoxy) is 2. The SMILES string of the molecule is [2H]C([2H])([2H])CCCCc1cc(OC)c([C@@H]2C=C(OS(=O)(=O)C(F)(F)F)CC[C@H]2C(=C)C)c(OC)c1. The van der Waals surface area contributed by atoms with Crippen LogP contribution in [0.3, 0.4) is 0 Å². The zero-order chi connectivity index (χ0) is 26.6. The summed E-state index contributed by atoms with van der Waals surface area (Å²) in [6.45, 7) is 3.81. The molecule has 0 radical (unpaired) electrons. The molecule has 0 heterocycles. The number of benzene rings is 1. The molecule has 0 fully saturated rings. The Morgan fingerprint density at radius 2 is 1.84 bits per heavy atom. The summed E-state index contributed by atoms with van der Waals surface area (Å²) in [6, 6.07) is 3.55. The van der Waals surface area contributed by atoms with E-state index in [2.05, 4.69) is 10.8 Å². The molecular formula is C23H31F3O5S. The van der Waals surface area contributed by atoms with Crippen LogP contribution in [0.5, 0.6) is 11.5 Å². The molecule has 0 aliphatic heterocycles. The fourth-order valence-corrected chi connectivity index (χ4v) is 4.41. The van der Waals surface area contributed by atoms with Gasteiger partial charge in [-0.2, -0.15) is 21.6 Å². The van der Waals surface area contributed by atoms with Crippen LogP contribution in [0, 0.1) is 5.92 Å². The Morgan fingerprint density at radius 3 is 2.34 bits per heavy atom. The molecule has 0 N–H and O–H groups in total. The molecule has 32 heavy (non-hydrogen) atoms. The zero-order valence-corrected chi connectivity index (χ0v) is 19.2. The minimum Gasteiger partial charge on any atom is -0.496 e. The first kappa shape index (κ1) is 21.7. The van der Waals surface area contributed by atoms with E-state index in [1.165, 1.54) is 20.3 Å². The Bertz CT molecular complexity index is 1020. The Hall–Kier alpha value is -2.16. The van der Waals surface area contributed by atoms with Crippen molar-refractivity contribution in [3.63, 3.8) is 0 Å². The maximum absolute atomic E-state index is 12.9. The molecule has 2 atom stereocenters. The molecule has 180 valence electrons. The smallest absolute Gasteiger partial charge is 0.496 e. The molecule has 0 aromatic heterocycles. The average molecular weight is 480 g/mol. The van der Waals surface area contributed by atoms with Gasteiger partial charge in [0.15, 0.2) is 0 Å². The van der Waals surface area contributed by atoms with Gasteiger partial charge in [0.1, 0.15) is 17.3 Å². The van der Waals surface area contributed by atoms with Crippen molar-refractivity contribution < 1.29 is 39.4 Å². The number of hydrogen-bond donors (Lipinski definition) is 0. The fourth-order valence-electron chi connectivity index (χ4n) is 3.89. The highest BCUT2D eigenvalue weighted by atomic mass is 32.2. The van der Waals surface area contributed by atoms with Crippen molar-refractivity contribution in [2.24, 2.45) is 5.92 Å². The van der Waals surface area contributed by atoms with Crippen molar-refractivity contribution in [1.82, 2.24) is 0 Å². The Balaban J connectivity index is 2.45. The number of halogens is 3. The molecule has 0 saturated heterocycles. The van der Waals surface area contributed by atoms with Gasteiger partial charge in [0, 0.05) is 22.0 Å². The summed E-state index contributed by atoms with van der Waals surface area (Å²) in [6.07, 6.45) is 3.51. The predicted octanol–water partition coefficient (Wildman–Crippen LogP) is 6.26. The van der Waals surface area contributed by atoms with Crippen molar-refractivity contribution in [2.45, 2.75) is 63.7 Å². The quantitative estimate of drug-likeness (QED) is 0.172. The van der Waals surface area contributed by atoms with Crippen LogP contribution in [0.1, 0.15) is 67.0 Å². The molecule has 1 aromatic carbocycles. The fraction of sp³-hybridized carbons (Fsp3) is 0.565. The second kappa shape index (κ2) is 10.6. The third-order valence-corrected chi connectivity index (χ3v) is 6.46. The first-order valence-electron chi connectivity index (χ1n) is 11.7. The van der Waals surface area contributed by atoms with Crippen LogP contribution in [0.2, 0.25) is 0 Å². The first-order valence-corrected chi connectivity index (χ1v) is 11.6. The second-order valence-electron chi connectivity index (χ2n) is 7.75. The van der Waals surface area contributed by atoms with E-state index in [1.54, 1.807) is 19.1 Å². The number of rotatable bonds is 10. The molecule has 0 bridgehead atoms. The molecule has 1 aromatic rings. The van der Waals surface area contributed by atoms with Crippen LogP contribution in [-0.4, -0.2) is 28.1 Å². The van der Waals surface area contributed by atoms with Gasteiger partial charge in [0.25, 0.3) is 0 Å². The molecule has 0 spiro atoms. The Labute approximate surface area is 192 Å². The monoisotopic (exact) mass is 479 g/mol. The van der Waals surface area contributed by atoms with Crippen molar-refractivity contribution in [1.29, 1.82) is 0 Å². The average Bonchev–Trinajstić information content (AvgIpc) is 2.74. The lowest BCUT2D eigenvalue weighted by Gasteiger charge is -2.32. The van der Waals surface area contributed by atoms with Gasteiger partial charge in [-0.25, -0.2) is 0 Å². The maximum atomic E-state index is 12.9. The van der Waals surface area contributed by atoms with Crippen LogP contribution in [0.25, 0.3) is 0 Å². The summed E-state index contributed by atoms with van der Waals surface area (Å²) in [5.74, 6) is -0.286. The van der Waals surface area contributed by atoms with E-state index in [4.69, 9.17) is 13.6 Å². The lowest BCUT2D eigenvalue weighted by atomic mass is 9.75. The lowest BCUT2D eigenvalue weighted by molar-refractivity contribution is -0.0524. The van der Waals surface area contributed by atoms with E-state index in [9.17, 15) is 21.6 Å². The van der Waals surface area contributed by atoms with E-state index in [-0.39, 0.29) is 24.5 Å². The summed E-state index contributed by atoms with van der Waals surface area (Å²) in [5, 5.41) is 0. The third-order valence-electron chi connectivity index (χ3n) is 5.46. The van der Waals surface area contributed by atoms with Gasteiger partial charge < -0.3 is 13.7 Å². The van der Waals surface area contributed by atoms with E-state index < -0.39 is 28.4 Å². The molecule has 0 amide bonds. The summed E-state index contributed by atoms with van der Waals surface area (Å²) in [4.78, 5) is 0. The van der Waals surface area contributed by atoms with Gasteiger partial charge in [0.05, 0.1) is 14.2 Å². The molecule has 9 heteroatoms. The minimum atomic E-state index is -5.80. The number of hydrogen-bond acceptors (Lipinski definition) is 5. The van der Waals surface area contributed by atoms with Gasteiger partial charge in [-0.05, 0) is 55.9 Å². The van der Waals surface area contributed by atoms with Crippen LogP contribution in [0.15, 0.2) is 36.1 Å². The van der Waals surface area contributed by atoms with Crippen molar-refractivity contribution >= 4 is 10.1 Å². The number of unbranched alkanes of at least 4 members (excludes halogenated alkanes) is 1. The maximum Gasteiger partial charge on any atom is 0.534 e. The highest BCUT2D eigenvalue weighted by Crippen LogP contribution is 2.48. The molecule has 1 aliphatic carbocycles. The summed E-state index contributed by atoms with van der Waals surface area (Å²) in [7, 11) is -2.90. The van der Waals surface area contributed by atoms with Crippen LogP contribution >= 0.6 is 0 Å². The van der Waals surface area contributed by atoms with Crippen LogP contribution in [-0.2, 0) is 20.7 Å². The number of allylic oxidation sites excluding steroid dienone is 3. The van der Waals surface area contributed by atoms with E-state index in [1.807, 2.05) is 0 Å². The number of aryl methyl sites for hydroxylation is 1. The molecule has 2 rings (SSSR count). The molecule has 1 aliphatic rings. The largest absolute Gasteiger partial charge is 0.534 e. The van der Waals surface area contributed by atoms with Crippen molar-refractivity contribution in [3.05, 3.63) is 47.2 Å². The molecule has 5 nitrogen and oxygen atoms in total. The van der Waals surface area contributed by atoms with Gasteiger partial charge >= 0.3 is 15.6 Å². The predicted molar refractivity (Wildman–Crippen MR) is 117 cm³/mol. The third kappa shape index (κ3) is 5.99. The van der Waals surface area contributed by atoms with Crippen LogP contribution in [0.4, 0.5) is 13.2 Å². The van der Waals surface area contributed by atoms with E-state index in [0.29, 0.717) is 42.7 Å². The topological polar surface area (TPSA) is 61.8 Å². The highest BCUT2D eigenvalue weighted by molar-refractivity contribution is 7.87.